The molecule has 0 spiro atoms. The molecule has 0 aliphatic carbocycles. The highest BCUT2D eigenvalue weighted by Gasteiger charge is 2.11. The molecule has 0 bridgehead atoms. The number of benzene rings is 2. The predicted octanol–water partition coefficient (Wildman–Crippen LogP) is 4.59. The van der Waals surface area contributed by atoms with Gasteiger partial charge in [0.1, 0.15) is 0 Å². The van der Waals surface area contributed by atoms with Crippen LogP contribution in [0.15, 0.2) is 76.5 Å². The van der Waals surface area contributed by atoms with E-state index in [4.69, 9.17) is 0 Å². The van der Waals surface area contributed by atoms with Crippen molar-refractivity contribution in [3.8, 4) is 11.8 Å². The summed E-state index contributed by atoms with van der Waals surface area (Å²) in [6.45, 7) is 2.08. The highest BCUT2D eigenvalue weighted by atomic mass is 32.2. The molecule has 2 rings (SSSR count). The lowest BCUT2D eigenvalue weighted by atomic mass is 10.1. The summed E-state index contributed by atoms with van der Waals surface area (Å²) in [5.41, 5.74) is 1.53. The van der Waals surface area contributed by atoms with Gasteiger partial charge in [-0.25, -0.2) is 8.42 Å². The van der Waals surface area contributed by atoms with Crippen LogP contribution in [-0.4, -0.2) is 8.42 Å². The Labute approximate surface area is 138 Å². The molecule has 0 atom stereocenters. The Balaban J connectivity index is 2.33. The van der Waals surface area contributed by atoms with Crippen molar-refractivity contribution < 1.29 is 8.42 Å². The molecule has 0 aliphatic heterocycles. The average Bonchev–Trinajstić information content (AvgIpc) is 2.59. The maximum absolute atomic E-state index is 12.5. The van der Waals surface area contributed by atoms with E-state index in [0.717, 1.165) is 18.4 Å². The number of hydrogen-bond donors (Lipinski definition) is 0. The summed E-state index contributed by atoms with van der Waals surface area (Å²) in [4.78, 5) is 0.301. The lowest BCUT2D eigenvalue weighted by Gasteiger charge is -2.02. The fourth-order valence-electron chi connectivity index (χ4n) is 2.06. The normalized spacial score (nSPS) is 11.6. The molecule has 118 valence electrons. The minimum Gasteiger partial charge on any atom is -0.219 e. The van der Waals surface area contributed by atoms with Gasteiger partial charge in [-0.1, -0.05) is 61.6 Å². The molecule has 0 radical (unpaired) electrons. The van der Waals surface area contributed by atoms with Gasteiger partial charge in [0.25, 0.3) is 0 Å². The standard InChI is InChI=1S/C20H20O2S/c1-2-3-10-19(16-15-18-11-6-4-7-12-18)17-23(21,22)20-13-8-5-9-14-20/h4-9,11-14,17H,2-3,10H2,1H3/b19-17+. The SMILES string of the molecule is CCCC/C(C#Cc1ccccc1)=C\S(=O)(=O)c1ccccc1. The van der Waals surface area contributed by atoms with E-state index in [2.05, 4.69) is 18.8 Å². The molecule has 0 aliphatic rings. The van der Waals surface area contributed by atoms with Gasteiger partial charge in [-0.05, 0) is 37.1 Å². The van der Waals surface area contributed by atoms with Crippen LogP contribution in [0.4, 0.5) is 0 Å². The van der Waals surface area contributed by atoms with Gasteiger partial charge in [0.2, 0.25) is 9.84 Å². The summed E-state index contributed by atoms with van der Waals surface area (Å²) in [6.07, 6.45) is 2.58. The second-order valence-corrected chi connectivity index (χ2v) is 7.02. The topological polar surface area (TPSA) is 34.1 Å². The Morgan fingerprint density at radius 3 is 2.22 bits per heavy atom. The van der Waals surface area contributed by atoms with Gasteiger partial charge >= 0.3 is 0 Å². The smallest absolute Gasteiger partial charge is 0.200 e. The molecule has 2 nitrogen and oxygen atoms in total. The van der Waals surface area contributed by atoms with Gasteiger partial charge in [-0.3, -0.25) is 0 Å². The Kier molecular flexibility index (Phi) is 6.19. The lowest BCUT2D eigenvalue weighted by molar-refractivity contribution is 0.604. The first kappa shape index (κ1) is 17.1. The third-order valence-electron chi connectivity index (χ3n) is 3.31. The number of sulfone groups is 1. The maximum Gasteiger partial charge on any atom is 0.200 e. The molecule has 0 heterocycles. The Hall–Kier alpha value is -2.31. The first-order chi connectivity index (χ1) is 11.1. The van der Waals surface area contributed by atoms with Gasteiger partial charge in [0.05, 0.1) is 4.90 Å². The largest absolute Gasteiger partial charge is 0.219 e. The molecule has 23 heavy (non-hydrogen) atoms. The van der Waals surface area contributed by atoms with Crippen molar-refractivity contribution in [3.05, 3.63) is 77.2 Å². The molecule has 2 aromatic rings. The van der Waals surface area contributed by atoms with E-state index in [0.29, 0.717) is 16.9 Å². The van der Waals surface area contributed by atoms with E-state index >= 15 is 0 Å². The summed E-state index contributed by atoms with van der Waals surface area (Å²) in [5, 5.41) is 1.31. The second-order valence-electron chi connectivity index (χ2n) is 5.22. The first-order valence-corrected chi connectivity index (χ1v) is 9.24. The zero-order chi connectivity index (χ0) is 16.5. The van der Waals surface area contributed by atoms with E-state index < -0.39 is 9.84 Å². The van der Waals surface area contributed by atoms with Gasteiger partial charge in [0, 0.05) is 16.5 Å². The summed E-state index contributed by atoms with van der Waals surface area (Å²) in [6, 6.07) is 18.0. The van der Waals surface area contributed by atoms with Crippen molar-refractivity contribution in [1.29, 1.82) is 0 Å². The van der Waals surface area contributed by atoms with Crippen LogP contribution >= 0.6 is 0 Å². The lowest BCUT2D eigenvalue weighted by Crippen LogP contribution is -1.98. The average molecular weight is 324 g/mol. The van der Waals surface area contributed by atoms with Crippen LogP contribution in [0.5, 0.6) is 0 Å². The van der Waals surface area contributed by atoms with Crippen molar-refractivity contribution in [2.24, 2.45) is 0 Å². The van der Waals surface area contributed by atoms with Crippen LogP contribution < -0.4 is 0 Å². The molecular formula is C20H20O2S. The second kappa shape index (κ2) is 8.36. The number of allylic oxidation sites excluding steroid dienone is 1. The van der Waals surface area contributed by atoms with Gasteiger partial charge in [0.15, 0.2) is 0 Å². The Morgan fingerprint density at radius 2 is 1.61 bits per heavy atom. The van der Waals surface area contributed by atoms with Gasteiger partial charge < -0.3 is 0 Å². The monoisotopic (exact) mass is 324 g/mol. The molecular weight excluding hydrogens is 304 g/mol. The number of rotatable bonds is 5. The third-order valence-corrected chi connectivity index (χ3v) is 4.83. The van der Waals surface area contributed by atoms with E-state index in [-0.39, 0.29) is 0 Å². The third kappa shape index (κ3) is 5.43. The molecule has 0 saturated heterocycles. The fourth-order valence-corrected chi connectivity index (χ4v) is 3.28. The van der Waals surface area contributed by atoms with Crippen molar-refractivity contribution in [1.82, 2.24) is 0 Å². The summed E-state index contributed by atoms with van der Waals surface area (Å²) in [7, 11) is -3.46. The molecule has 0 N–H and O–H groups in total. The first-order valence-electron chi connectivity index (χ1n) is 7.69. The van der Waals surface area contributed by atoms with E-state index in [1.54, 1.807) is 30.3 Å². The Morgan fingerprint density at radius 1 is 1.00 bits per heavy atom. The number of unbranched alkanes of at least 4 members (excludes halogenated alkanes) is 1. The van der Waals surface area contributed by atoms with Crippen molar-refractivity contribution in [2.45, 2.75) is 31.1 Å². The zero-order valence-electron chi connectivity index (χ0n) is 13.2. The highest BCUT2D eigenvalue weighted by Crippen LogP contribution is 2.16. The van der Waals surface area contributed by atoms with Crippen LogP contribution in [0.1, 0.15) is 31.7 Å². The van der Waals surface area contributed by atoms with E-state index in [1.807, 2.05) is 30.3 Å². The maximum atomic E-state index is 12.5. The highest BCUT2D eigenvalue weighted by molar-refractivity contribution is 7.94. The summed E-state index contributed by atoms with van der Waals surface area (Å²) >= 11 is 0. The predicted molar refractivity (Wildman–Crippen MR) is 94.6 cm³/mol. The van der Waals surface area contributed by atoms with E-state index in [1.165, 1.54) is 5.41 Å². The minimum atomic E-state index is -3.46. The quantitative estimate of drug-likeness (QED) is 0.754. The molecule has 0 unspecified atom stereocenters. The number of hydrogen-bond acceptors (Lipinski definition) is 2. The van der Waals surface area contributed by atoms with Crippen LogP contribution in [0.25, 0.3) is 0 Å². The van der Waals surface area contributed by atoms with Gasteiger partial charge in [-0.15, -0.1) is 0 Å². The van der Waals surface area contributed by atoms with Crippen LogP contribution in [0, 0.1) is 11.8 Å². The molecule has 0 amide bonds. The molecule has 3 heteroatoms. The van der Waals surface area contributed by atoms with Crippen LogP contribution in [0.3, 0.4) is 0 Å². The van der Waals surface area contributed by atoms with Crippen molar-refractivity contribution >= 4 is 9.84 Å². The summed E-state index contributed by atoms with van der Waals surface area (Å²) in [5.74, 6) is 6.07. The van der Waals surface area contributed by atoms with E-state index in [9.17, 15) is 8.42 Å². The molecule has 2 aromatic carbocycles. The summed E-state index contributed by atoms with van der Waals surface area (Å²) < 4.78 is 24.9. The Bertz CT molecular complexity index is 808. The molecule has 0 fully saturated rings. The fraction of sp³-hybridized carbons (Fsp3) is 0.200. The molecule has 0 saturated carbocycles. The van der Waals surface area contributed by atoms with Crippen molar-refractivity contribution in [2.75, 3.05) is 0 Å². The van der Waals surface area contributed by atoms with Crippen molar-refractivity contribution in [3.63, 3.8) is 0 Å². The zero-order valence-corrected chi connectivity index (χ0v) is 14.0. The molecule has 0 aromatic heterocycles. The van der Waals surface area contributed by atoms with Crippen LogP contribution in [-0.2, 0) is 9.84 Å². The van der Waals surface area contributed by atoms with Crippen LogP contribution in [0.2, 0.25) is 0 Å². The van der Waals surface area contributed by atoms with Gasteiger partial charge in [-0.2, -0.15) is 0 Å². The minimum absolute atomic E-state index is 0.301.